The van der Waals surface area contributed by atoms with Gasteiger partial charge in [0.2, 0.25) is 0 Å². The Labute approximate surface area is 110 Å². The SMILES string of the molecule is Nc1ccc(CC(COOC=O)COOC=O)cc1. The van der Waals surface area contributed by atoms with Gasteiger partial charge >= 0.3 is 12.9 Å². The number of rotatable bonds is 10. The predicted octanol–water partition coefficient (Wildman–Crippen LogP) is 0.637. The largest absolute Gasteiger partial charge is 0.399 e. The monoisotopic (exact) mass is 269 g/mol. The van der Waals surface area contributed by atoms with E-state index in [0.29, 0.717) is 12.1 Å². The molecule has 0 atom stereocenters. The van der Waals surface area contributed by atoms with Gasteiger partial charge in [-0.05, 0) is 24.1 Å². The van der Waals surface area contributed by atoms with E-state index in [9.17, 15) is 9.59 Å². The summed E-state index contributed by atoms with van der Waals surface area (Å²) in [5, 5.41) is 0. The molecule has 0 aliphatic heterocycles. The van der Waals surface area contributed by atoms with Gasteiger partial charge in [0.05, 0.1) is 13.2 Å². The Hall–Kier alpha value is -2.12. The van der Waals surface area contributed by atoms with Crippen LogP contribution in [0.15, 0.2) is 24.3 Å². The first-order valence-corrected chi connectivity index (χ1v) is 5.54. The summed E-state index contributed by atoms with van der Waals surface area (Å²) in [7, 11) is 0. The summed E-state index contributed by atoms with van der Waals surface area (Å²) in [6.45, 7) is 0.600. The molecule has 2 N–H and O–H groups in total. The zero-order valence-corrected chi connectivity index (χ0v) is 10.2. The van der Waals surface area contributed by atoms with Gasteiger partial charge in [0.1, 0.15) is 0 Å². The normalized spacial score (nSPS) is 10.2. The molecule has 0 saturated heterocycles. The molecule has 0 aliphatic rings. The van der Waals surface area contributed by atoms with E-state index in [1.165, 1.54) is 0 Å². The molecule has 0 amide bonds. The van der Waals surface area contributed by atoms with Crippen molar-refractivity contribution in [1.29, 1.82) is 0 Å². The summed E-state index contributed by atoms with van der Waals surface area (Å²) >= 11 is 0. The van der Waals surface area contributed by atoms with Gasteiger partial charge in [-0.25, -0.2) is 0 Å². The first-order valence-electron chi connectivity index (χ1n) is 5.54. The number of hydrogen-bond donors (Lipinski definition) is 1. The molecule has 0 radical (unpaired) electrons. The Morgan fingerprint density at radius 3 is 2.00 bits per heavy atom. The highest BCUT2D eigenvalue weighted by atomic mass is 17.2. The Morgan fingerprint density at radius 2 is 1.53 bits per heavy atom. The summed E-state index contributed by atoms with van der Waals surface area (Å²) in [6.07, 6.45) is 0.588. The fourth-order valence-corrected chi connectivity index (χ4v) is 1.48. The average Bonchev–Trinajstić information content (AvgIpc) is 2.41. The van der Waals surface area contributed by atoms with E-state index in [2.05, 4.69) is 19.6 Å². The van der Waals surface area contributed by atoms with Crippen LogP contribution in [0.25, 0.3) is 0 Å². The number of nitrogen functional groups attached to an aromatic ring is 1. The van der Waals surface area contributed by atoms with E-state index in [1.807, 2.05) is 12.1 Å². The van der Waals surface area contributed by atoms with Crippen molar-refractivity contribution in [2.24, 2.45) is 5.92 Å². The van der Waals surface area contributed by atoms with Crippen molar-refractivity contribution in [2.45, 2.75) is 6.42 Å². The van der Waals surface area contributed by atoms with Gasteiger partial charge in [0, 0.05) is 11.6 Å². The molecule has 0 fully saturated rings. The van der Waals surface area contributed by atoms with Gasteiger partial charge in [-0.3, -0.25) is 9.59 Å². The third kappa shape index (κ3) is 6.39. The van der Waals surface area contributed by atoms with Gasteiger partial charge in [-0.1, -0.05) is 12.1 Å². The number of hydrogen-bond acceptors (Lipinski definition) is 7. The first-order chi connectivity index (χ1) is 9.26. The van der Waals surface area contributed by atoms with Crippen molar-refractivity contribution in [3.63, 3.8) is 0 Å². The number of anilines is 1. The highest BCUT2D eigenvalue weighted by molar-refractivity contribution is 5.39. The Bertz CT molecular complexity index is 366. The number of carbonyl (C=O) groups is 2. The van der Waals surface area contributed by atoms with Crippen LogP contribution >= 0.6 is 0 Å². The zero-order chi connectivity index (χ0) is 13.9. The van der Waals surface area contributed by atoms with E-state index in [-0.39, 0.29) is 32.1 Å². The van der Waals surface area contributed by atoms with Crippen molar-refractivity contribution >= 4 is 18.6 Å². The van der Waals surface area contributed by atoms with E-state index in [4.69, 9.17) is 5.73 Å². The van der Waals surface area contributed by atoms with Crippen molar-refractivity contribution in [1.82, 2.24) is 0 Å². The summed E-state index contributed by atoms with van der Waals surface area (Å²) in [4.78, 5) is 37.6. The average molecular weight is 269 g/mol. The van der Waals surface area contributed by atoms with Gasteiger partial charge in [0.15, 0.2) is 0 Å². The molecule has 1 rings (SSSR count). The third-order valence-electron chi connectivity index (χ3n) is 2.33. The van der Waals surface area contributed by atoms with Crippen molar-refractivity contribution in [3.8, 4) is 0 Å². The molecule has 104 valence electrons. The summed E-state index contributed by atoms with van der Waals surface area (Å²) in [5.41, 5.74) is 7.26. The minimum atomic E-state index is -0.150. The summed E-state index contributed by atoms with van der Waals surface area (Å²) in [5.74, 6) is -0.150. The van der Waals surface area contributed by atoms with Crippen LogP contribution in [0.1, 0.15) is 5.56 Å². The van der Waals surface area contributed by atoms with Crippen LogP contribution in [-0.4, -0.2) is 26.2 Å². The van der Waals surface area contributed by atoms with Crippen molar-refractivity contribution < 1.29 is 29.1 Å². The molecule has 19 heavy (non-hydrogen) atoms. The van der Waals surface area contributed by atoms with Crippen LogP contribution < -0.4 is 5.73 Å². The Kier molecular flexibility index (Phi) is 7.00. The molecule has 1 aromatic rings. The lowest BCUT2D eigenvalue weighted by Crippen LogP contribution is -2.19. The number of carbonyl (C=O) groups excluding carboxylic acids is 2. The Morgan fingerprint density at radius 1 is 1.00 bits per heavy atom. The van der Waals surface area contributed by atoms with E-state index in [1.54, 1.807) is 12.1 Å². The molecule has 0 heterocycles. The second-order valence-corrected chi connectivity index (χ2v) is 3.77. The summed E-state index contributed by atoms with van der Waals surface area (Å²) in [6, 6.07) is 7.28. The predicted molar refractivity (Wildman–Crippen MR) is 64.3 cm³/mol. The molecule has 7 heteroatoms. The molecule has 0 bridgehead atoms. The number of benzene rings is 1. The maximum Gasteiger partial charge on any atom is 0.330 e. The zero-order valence-electron chi connectivity index (χ0n) is 10.2. The molecule has 7 nitrogen and oxygen atoms in total. The van der Waals surface area contributed by atoms with E-state index in [0.717, 1.165) is 5.56 Å². The lowest BCUT2D eigenvalue weighted by molar-refractivity contribution is -0.288. The molecular formula is C12H15NO6. The molecule has 0 saturated carbocycles. The van der Waals surface area contributed by atoms with Crippen LogP contribution in [0, 0.1) is 5.92 Å². The molecule has 0 aliphatic carbocycles. The molecule has 0 unspecified atom stereocenters. The highest BCUT2D eigenvalue weighted by Gasteiger charge is 2.12. The maximum atomic E-state index is 9.98. The lowest BCUT2D eigenvalue weighted by atomic mass is 10.0. The molecule has 0 aromatic heterocycles. The van der Waals surface area contributed by atoms with E-state index < -0.39 is 0 Å². The van der Waals surface area contributed by atoms with Gasteiger partial charge in [0.25, 0.3) is 0 Å². The fourth-order valence-electron chi connectivity index (χ4n) is 1.48. The minimum absolute atomic E-state index is 0.116. The summed E-state index contributed by atoms with van der Waals surface area (Å²) < 4.78 is 0. The van der Waals surface area contributed by atoms with Crippen molar-refractivity contribution in [2.75, 3.05) is 18.9 Å². The van der Waals surface area contributed by atoms with Crippen molar-refractivity contribution in [3.05, 3.63) is 29.8 Å². The second-order valence-electron chi connectivity index (χ2n) is 3.77. The van der Waals surface area contributed by atoms with Gasteiger partial charge in [-0.15, -0.1) is 0 Å². The van der Waals surface area contributed by atoms with Gasteiger partial charge in [-0.2, -0.15) is 9.78 Å². The smallest absolute Gasteiger partial charge is 0.330 e. The fraction of sp³-hybridized carbons (Fsp3) is 0.333. The second kappa shape index (κ2) is 8.90. The van der Waals surface area contributed by atoms with Crippen LogP contribution in [0.2, 0.25) is 0 Å². The lowest BCUT2D eigenvalue weighted by Gasteiger charge is -2.14. The molecule has 1 aromatic carbocycles. The van der Waals surface area contributed by atoms with Crippen LogP contribution in [0.5, 0.6) is 0 Å². The van der Waals surface area contributed by atoms with Gasteiger partial charge < -0.3 is 15.5 Å². The third-order valence-corrected chi connectivity index (χ3v) is 2.33. The van der Waals surface area contributed by atoms with Crippen LogP contribution in [0.4, 0.5) is 5.69 Å². The quantitative estimate of drug-likeness (QED) is 0.219. The minimum Gasteiger partial charge on any atom is -0.399 e. The van der Waals surface area contributed by atoms with Crippen LogP contribution in [-0.2, 0) is 35.6 Å². The van der Waals surface area contributed by atoms with Crippen LogP contribution in [0.3, 0.4) is 0 Å². The number of nitrogens with two attached hydrogens (primary N) is 1. The highest BCUT2D eigenvalue weighted by Crippen LogP contribution is 2.12. The Balaban J connectivity index is 2.48. The topological polar surface area (TPSA) is 97.1 Å². The standard InChI is InChI=1S/C12H15NO6/c13-12-3-1-10(2-4-12)5-11(6-16-18-8-14)7-17-19-9-15/h1-4,8-9,11H,5-7,13H2. The molecular weight excluding hydrogens is 254 g/mol. The first kappa shape index (κ1) is 14.9. The molecule has 0 spiro atoms. The van der Waals surface area contributed by atoms with E-state index >= 15 is 0 Å². The maximum absolute atomic E-state index is 9.98.